The van der Waals surface area contributed by atoms with Crippen LogP contribution in [0.1, 0.15) is 33.6 Å². The van der Waals surface area contributed by atoms with Gasteiger partial charge in [-0.2, -0.15) is 0 Å². The monoisotopic (exact) mass is 305 g/mol. The summed E-state index contributed by atoms with van der Waals surface area (Å²) in [5.74, 6) is 0. The lowest BCUT2D eigenvalue weighted by molar-refractivity contribution is -0.158. The van der Waals surface area contributed by atoms with Crippen molar-refractivity contribution in [2.75, 3.05) is 19.7 Å². The molecule has 2 saturated heterocycles. The normalized spacial score (nSPS) is 27.8. The van der Waals surface area contributed by atoms with Crippen molar-refractivity contribution >= 4 is 22.0 Å². The fourth-order valence-corrected chi connectivity index (χ4v) is 3.07. The van der Waals surface area contributed by atoms with E-state index in [9.17, 15) is 4.79 Å². The van der Waals surface area contributed by atoms with Crippen LogP contribution < -0.4 is 0 Å². The third-order valence-electron chi connectivity index (χ3n) is 3.04. The maximum absolute atomic E-state index is 11.8. The van der Waals surface area contributed by atoms with Crippen molar-refractivity contribution in [3.05, 3.63) is 0 Å². The lowest BCUT2D eigenvalue weighted by Gasteiger charge is -2.52. The van der Waals surface area contributed by atoms with E-state index in [0.717, 1.165) is 19.4 Å². The Morgan fingerprint density at radius 3 is 2.65 bits per heavy atom. The van der Waals surface area contributed by atoms with Gasteiger partial charge < -0.3 is 14.4 Å². The summed E-state index contributed by atoms with van der Waals surface area (Å²) in [6, 6.07) is 0. The van der Waals surface area contributed by atoms with E-state index in [0.29, 0.717) is 17.9 Å². The van der Waals surface area contributed by atoms with E-state index >= 15 is 0 Å². The third kappa shape index (κ3) is 3.13. The number of amides is 1. The molecule has 4 nitrogen and oxygen atoms in total. The predicted molar refractivity (Wildman–Crippen MR) is 68.4 cm³/mol. The van der Waals surface area contributed by atoms with Gasteiger partial charge in [0, 0.05) is 11.4 Å². The molecular weight excluding hydrogens is 286 g/mol. The standard InChI is InChI=1S/C12H20BrNO3/c1-11(2,3)17-10(15)14-7-12(8-14)6-9(13)4-5-16-12/h9H,4-8H2,1-3H3. The first-order valence-electron chi connectivity index (χ1n) is 6.06. The molecule has 98 valence electrons. The Morgan fingerprint density at radius 2 is 2.12 bits per heavy atom. The van der Waals surface area contributed by atoms with Crippen molar-refractivity contribution in [1.82, 2.24) is 4.90 Å². The van der Waals surface area contributed by atoms with Crippen LogP contribution in [-0.2, 0) is 9.47 Å². The number of alkyl halides is 1. The molecule has 0 radical (unpaired) electrons. The highest BCUT2D eigenvalue weighted by Gasteiger charge is 2.49. The summed E-state index contributed by atoms with van der Waals surface area (Å²) >= 11 is 3.63. The van der Waals surface area contributed by atoms with Crippen molar-refractivity contribution in [2.45, 2.75) is 49.6 Å². The fourth-order valence-electron chi connectivity index (χ4n) is 2.29. The van der Waals surface area contributed by atoms with E-state index in [2.05, 4.69) is 15.9 Å². The lowest BCUT2D eigenvalue weighted by Crippen LogP contribution is -2.67. The van der Waals surface area contributed by atoms with Crippen LogP contribution >= 0.6 is 15.9 Å². The molecule has 0 aromatic rings. The van der Waals surface area contributed by atoms with Crippen LogP contribution in [0.5, 0.6) is 0 Å². The molecule has 1 atom stereocenters. The molecule has 2 heterocycles. The van der Waals surface area contributed by atoms with Crippen molar-refractivity contribution < 1.29 is 14.3 Å². The Morgan fingerprint density at radius 1 is 1.47 bits per heavy atom. The molecule has 0 aromatic heterocycles. The van der Waals surface area contributed by atoms with Crippen LogP contribution in [0.15, 0.2) is 0 Å². The summed E-state index contributed by atoms with van der Waals surface area (Å²) in [7, 11) is 0. The van der Waals surface area contributed by atoms with Gasteiger partial charge in [-0.1, -0.05) is 15.9 Å². The molecular formula is C12H20BrNO3. The van der Waals surface area contributed by atoms with Gasteiger partial charge in [0.2, 0.25) is 0 Å². The fraction of sp³-hybridized carbons (Fsp3) is 0.917. The molecule has 2 fully saturated rings. The number of hydrogen-bond acceptors (Lipinski definition) is 3. The van der Waals surface area contributed by atoms with Gasteiger partial charge in [0.05, 0.1) is 13.1 Å². The van der Waals surface area contributed by atoms with Crippen molar-refractivity contribution in [2.24, 2.45) is 0 Å². The van der Waals surface area contributed by atoms with Crippen LogP contribution in [0, 0.1) is 0 Å². The predicted octanol–water partition coefficient (Wildman–Crippen LogP) is 2.55. The molecule has 1 spiro atoms. The second-order valence-electron chi connectivity index (χ2n) is 5.96. The van der Waals surface area contributed by atoms with Gasteiger partial charge in [0.15, 0.2) is 0 Å². The van der Waals surface area contributed by atoms with E-state index < -0.39 is 5.60 Å². The van der Waals surface area contributed by atoms with Gasteiger partial charge in [-0.05, 0) is 33.6 Å². The van der Waals surface area contributed by atoms with Crippen LogP contribution in [0.3, 0.4) is 0 Å². The summed E-state index contributed by atoms with van der Waals surface area (Å²) in [5, 5.41) is 0. The molecule has 2 aliphatic heterocycles. The molecule has 2 rings (SSSR count). The van der Waals surface area contributed by atoms with Crippen molar-refractivity contribution in [3.8, 4) is 0 Å². The molecule has 2 aliphatic rings. The van der Waals surface area contributed by atoms with E-state index in [-0.39, 0.29) is 11.7 Å². The van der Waals surface area contributed by atoms with E-state index in [4.69, 9.17) is 9.47 Å². The average molecular weight is 306 g/mol. The SMILES string of the molecule is CC(C)(C)OC(=O)N1CC2(CC(Br)CCO2)C1. The Labute approximate surface area is 111 Å². The Balaban J connectivity index is 1.83. The molecule has 0 aromatic carbocycles. The summed E-state index contributed by atoms with van der Waals surface area (Å²) in [6.07, 6.45) is 1.80. The molecule has 0 N–H and O–H groups in total. The minimum Gasteiger partial charge on any atom is -0.444 e. The van der Waals surface area contributed by atoms with Gasteiger partial charge in [0.25, 0.3) is 0 Å². The average Bonchev–Trinajstić information content (AvgIpc) is 2.10. The maximum atomic E-state index is 11.8. The van der Waals surface area contributed by atoms with Crippen molar-refractivity contribution in [3.63, 3.8) is 0 Å². The van der Waals surface area contributed by atoms with Crippen LogP contribution in [0.25, 0.3) is 0 Å². The Bertz CT molecular complexity index is 307. The summed E-state index contributed by atoms with van der Waals surface area (Å²) in [4.78, 5) is 14.0. The number of carbonyl (C=O) groups excluding carboxylic acids is 1. The molecule has 0 aliphatic carbocycles. The highest BCUT2D eigenvalue weighted by molar-refractivity contribution is 9.09. The van der Waals surface area contributed by atoms with Gasteiger partial charge in [-0.25, -0.2) is 4.79 Å². The summed E-state index contributed by atoms with van der Waals surface area (Å²) < 4.78 is 11.1. The van der Waals surface area contributed by atoms with E-state index in [1.807, 2.05) is 20.8 Å². The molecule has 0 bridgehead atoms. The first-order valence-corrected chi connectivity index (χ1v) is 6.97. The minimum absolute atomic E-state index is 0.122. The third-order valence-corrected chi connectivity index (χ3v) is 3.82. The van der Waals surface area contributed by atoms with Gasteiger partial charge in [0.1, 0.15) is 11.2 Å². The lowest BCUT2D eigenvalue weighted by atomic mass is 9.86. The number of likely N-dealkylation sites (tertiary alicyclic amines) is 1. The Hall–Kier alpha value is -0.290. The topological polar surface area (TPSA) is 38.8 Å². The number of hydrogen-bond donors (Lipinski definition) is 0. The minimum atomic E-state index is -0.425. The molecule has 17 heavy (non-hydrogen) atoms. The van der Waals surface area contributed by atoms with Crippen LogP contribution in [0.2, 0.25) is 0 Å². The summed E-state index contributed by atoms with van der Waals surface area (Å²) in [5.41, 5.74) is -0.547. The molecule has 1 amide bonds. The second-order valence-corrected chi connectivity index (χ2v) is 7.25. The van der Waals surface area contributed by atoms with Crippen LogP contribution in [-0.4, -0.2) is 46.7 Å². The highest BCUT2D eigenvalue weighted by atomic mass is 79.9. The number of ether oxygens (including phenoxy) is 2. The molecule has 1 unspecified atom stereocenters. The number of rotatable bonds is 0. The Kier molecular flexibility index (Phi) is 3.42. The van der Waals surface area contributed by atoms with Crippen molar-refractivity contribution in [1.29, 1.82) is 0 Å². The van der Waals surface area contributed by atoms with Crippen LogP contribution in [0.4, 0.5) is 4.79 Å². The first-order chi connectivity index (χ1) is 7.80. The van der Waals surface area contributed by atoms with E-state index in [1.165, 1.54) is 0 Å². The zero-order chi connectivity index (χ0) is 12.7. The second kappa shape index (κ2) is 4.43. The molecule has 0 saturated carbocycles. The smallest absolute Gasteiger partial charge is 0.410 e. The van der Waals surface area contributed by atoms with E-state index in [1.54, 1.807) is 4.90 Å². The summed E-state index contributed by atoms with van der Waals surface area (Å²) in [6.45, 7) is 7.73. The zero-order valence-electron chi connectivity index (χ0n) is 10.7. The van der Waals surface area contributed by atoms with Gasteiger partial charge in [-0.15, -0.1) is 0 Å². The van der Waals surface area contributed by atoms with Gasteiger partial charge >= 0.3 is 6.09 Å². The number of carbonyl (C=O) groups is 1. The number of halogens is 1. The first kappa shape index (κ1) is 13.1. The van der Waals surface area contributed by atoms with Gasteiger partial charge in [-0.3, -0.25) is 0 Å². The largest absolute Gasteiger partial charge is 0.444 e. The maximum Gasteiger partial charge on any atom is 0.410 e. The molecule has 5 heteroatoms. The number of nitrogens with zero attached hydrogens (tertiary/aromatic N) is 1. The highest BCUT2D eigenvalue weighted by Crippen LogP contribution is 2.37. The zero-order valence-corrected chi connectivity index (χ0v) is 12.2. The quantitative estimate of drug-likeness (QED) is 0.646.